The van der Waals surface area contributed by atoms with Crippen LogP contribution in [-0.4, -0.2) is 69.7 Å². The second-order valence-corrected chi connectivity index (χ2v) is 3.86. The number of carboxylic acids is 3. The van der Waals surface area contributed by atoms with Gasteiger partial charge in [0.25, 0.3) is 0 Å². The van der Waals surface area contributed by atoms with E-state index in [0.717, 1.165) is 6.92 Å². The van der Waals surface area contributed by atoms with Gasteiger partial charge in [-0.15, -0.1) is 0 Å². The third-order valence-electron chi connectivity index (χ3n) is 1.97. The minimum Gasteiger partial charge on any atom is -0.477 e. The molecule has 0 aliphatic carbocycles. The number of carbonyl (C=O) groups excluding carboxylic acids is 1. The van der Waals surface area contributed by atoms with Crippen molar-refractivity contribution in [2.24, 2.45) is 0 Å². The van der Waals surface area contributed by atoms with Crippen LogP contribution in [0.2, 0.25) is 0 Å². The van der Waals surface area contributed by atoms with Crippen LogP contribution in [0.3, 0.4) is 0 Å². The predicted octanol–water partition coefficient (Wildman–Crippen LogP) is -1.35. The number of Topliss-reactive ketones (excluding diaryl/α,β-unsaturated/α-hetero) is 1. The van der Waals surface area contributed by atoms with Crippen molar-refractivity contribution in [1.82, 2.24) is 0 Å². The van der Waals surface area contributed by atoms with Crippen LogP contribution in [0.1, 0.15) is 6.92 Å². The summed E-state index contributed by atoms with van der Waals surface area (Å²) in [6.45, 7) is -1.46. The molecule has 0 bridgehead atoms. The second kappa shape index (κ2) is 5.94. The molecule has 0 aromatic carbocycles. The van der Waals surface area contributed by atoms with Gasteiger partial charge in [0.1, 0.15) is 6.54 Å². The minimum atomic E-state index is -1.35. The SMILES string of the molecule is CC(=O)C[N+](CC(=O)O)(CC(=O)O)CC(=O)O. The fourth-order valence-corrected chi connectivity index (χ4v) is 1.67. The molecule has 0 aliphatic rings. The summed E-state index contributed by atoms with van der Waals surface area (Å²) in [6.07, 6.45) is 0. The molecule has 0 aromatic heterocycles. The van der Waals surface area contributed by atoms with E-state index in [9.17, 15) is 19.2 Å². The Labute approximate surface area is 96.7 Å². The largest absolute Gasteiger partial charge is 0.477 e. The molecule has 0 heterocycles. The highest BCUT2D eigenvalue weighted by Gasteiger charge is 2.37. The number of hydrogen-bond acceptors (Lipinski definition) is 4. The molecular formula is C9H14NO7+. The van der Waals surface area contributed by atoms with E-state index in [2.05, 4.69) is 0 Å². The van der Waals surface area contributed by atoms with Gasteiger partial charge in [-0.25, -0.2) is 14.4 Å². The fourth-order valence-electron chi connectivity index (χ4n) is 1.67. The third-order valence-corrected chi connectivity index (χ3v) is 1.97. The Kier molecular flexibility index (Phi) is 5.26. The Hall–Kier alpha value is -1.96. The van der Waals surface area contributed by atoms with Gasteiger partial charge < -0.3 is 15.3 Å². The van der Waals surface area contributed by atoms with Gasteiger partial charge in [0.15, 0.2) is 25.4 Å². The van der Waals surface area contributed by atoms with Crippen molar-refractivity contribution in [3.63, 3.8) is 0 Å². The van der Waals surface area contributed by atoms with Crippen molar-refractivity contribution in [3.8, 4) is 0 Å². The molecule has 3 N–H and O–H groups in total. The highest BCUT2D eigenvalue weighted by atomic mass is 16.4. The number of nitrogens with zero attached hydrogens (tertiary/aromatic N) is 1. The van der Waals surface area contributed by atoms with Crippen LogP contribution < -0.4 is 0 Å². The summed E-state index contributed by atoms with van der Waals surface area (Å²) in [5.41, 5.74) is 0. The molecule has 8 heteroatoms. The van der Waals surface area contributed by atoms with Gasteiger partial charge in [0.2, 0.25) is 0 Å². The van der Waals surface area contributed by atoms with Crippen LogP contribution in [0.5, 0.6) is 0 Å². The number of ketones is 1. The van der Waals surface area contributed by atoms with Crippen LogP contribution in [-0.2, 0) is 19.2 Å². The van der Waals surface area contributed by atoms with E-state index >= 15 is 0 Å². The van der Waals surface area contributed by atoms with Crippen molar-refractivity contribution in [2.75, 3.05) is 26.2 Å². The first kappa shape index (κ1) is 15.0. The minimum absolute atomic E-state index is 0.440. The van der Waals surface area contributed by atoms with Gasteiger partial charge in [-0.3, -0.25) is 9.28 Å². The van der Waals surface area contributed by atoms with Crippen molar-refractivity contribution in [3.05, 3.63) is 0 Å². The summed E-state index contributed by atoms with van der Waals surface area (Å²) in [7, 11) is 0. The summed E-state index contributed by atoms with van der Waals surface area (Å²) in [6, 6.07) is 0. The molecule has 0 aliphatic heterocycles. The van der Waals surface area contributed by atoms with E-state index in [-0.39, 0.29) is 0 Å². The molecule has 96 valence electrons. The lowest BCUT2D eigenvalue weighted by Crippen LogP contribution is -2.58. The number of carboxylic acid groups (broad SMARTS) is 3. The van der Waals surface area contributed by atoms with Crippen LogP contribution in [0.15, 0.2) is 0 Å². The average Bonchev–Trinajstić information content (AvgIpc) is 1.95. The highest BCUT2D eigenvalue weighted by Crippen LogP contribution is 2.07. The summed E-state index contributed by atoms with van der Waals surface area (Å²) in [5.74, 6) is -4.52. The van der Waals surface area contributed by atoms with E-state index < -0.39 is 54.4 Å². The number of carbonyl (C=O) groups is 4. The van der Waals surface area contributed by atoms with E-state index in [1.807, 2.05) is 0 Å². The molecule has 0 spiro atoms. The quantitative estimate of drug-likeness (QED) is 0.452. The number of aliphatic carboxylic acids is 3. The smallest absolute Gasteiger partial charge is 0.359 e. The zero-order valence-electron chi connectivity index (χ0n) is 9.25. The van der Waals surface area contributed by atoms with Gasteiger partial charge in [-0.2, -0.15) is 0 Å². The second-order valence-electron chi connectivity index (χ2n) is 3.86. The van der Waals surface area contributed by atoms with Gasteiger partial charge in [0.05, 0.1) is 0 Å². The lowest BCUT2D eigenvalue weighted by atomic mass is 10.2. The lowest BCUT2D eigenvalue weighted by molar-refractivity contribution is -0.899. The van der Waals surface area contributed by atoms with Crippen molar-refractivity contribution in [1.29, 1.82) is 0 Å². The standard InChI is InChI=1S/C9H13NO7/c1-6(11)2-10(3-7(12)13,4-8(14)15)5-9(16)17/h2-5H2,1H3,(H2-,12,13,14,15,16,17)/p+1. The normalized spacial score (nSPS) is 10.9. The molecule has 0 aromatic rings. The van der Waals surface area contributed by atoms with Gasteiger partial charge in [-0.05, 0) is 0 Å². The van der Waals surface area contributed by atoms with Crippen LogP contribution in [0, 0.1) is 0 Å². The molecule has 0 saturated carbocycles. The van der Waals surface area contributed by atoms with Crippen molar-refractivity contribution < 1.29 is 39.0 Å². The first-order valence-corrected chi connectivity index (χ1v) is 4.67. The van der Waals surface area contributed by atoms with Gasteiger partial charge in [0, 0.05) is 6.92 Å². The zero-order valence-corrected chi connectivity index (χ0v) is 9.25. The number of rotatable bonds is 8. The monoisotopic (exact) mass is 248 g/mol. The Morgan fingerprint density at radius 1 is 0.765 bits per heavy atom. The lowest BCUT2D eigenvalue weighted by Gasteiger charge is -2.32. The van der Waals surface area contributed by atoms with Crippen LogP contribution >= 0.6 is 0 Å². The first-order valence-electron chi connectivity index (χ1n) is 4.67. The van der Waals surface area contributed by atoms with E-state index in [4.69, 9.17) is 15.3 Å². The van der Waals surface area contributed by atoms with Crippen molar-refractivity contribution >= 4 is 23.7 Å². The third kappa shape index (κ3) is 6.25. The van der Waals surface area contributed by atoms with Crippen LogP contribution in [0.25, 0.3) is 0 Å². The van der Waals surface area contributed by atoms with E-state index in [1.165, 1.54) is 0 Å². The predicted molar refractivity (Wildman–Crippen MR) is 53.3 cm³/mol. The Morgan fingerprint density at radius 2 is 1.06 bits per heavy atom. The van der Waals surface area contributed by atoms with Crippen molar-refractivity contribution in [2.45, 2.75) is 6.92 Å². The zero-order chi connectivity index (χ0) is 13.6. The summed E-state index contributed by atoms with van der Waals surface area (Å²) in [5, 5.41) is 26.0. The molecule has 8 nitrogen and oxygen atoms in total. The Bertz CT molecular complexity index is 280. The van der Waals surface area contributed by atoms with Gasteiger partial charge in [-0.1, -0.05) is 0 Å². The molecule has 0 atom stereocenters. The molecule has 17 heavy (non-hydrogen) atoms. The molecule has 0 rings (SSSR count). The summed E-state index contributed by atoms with van der Waals surface area (Å²) < 4.78 is -0.824. The molecule has 0 unspecified atom stereocenters. The van der Waals surface area contributed by atoms with Crippen LogP contribution in [0.4, 0.5) is 0 Å². The molecule has 0 saturated heterocycles. The Morgan fingerprint density at radius 3 is 1.24 bits per heavy atom. The number of hydrogen-bond donors (Lipinski definition) is 3. The first-order chi connectivity index (χ1) is 7.67. The molecule has 0 amide bonds. The molecular weight excluding hydrogens is 234 g/mol. The maximum atomic E-state index is 11.0. The molecule has 0 fully saturated rings. The summed E-state index contributed by atoms with van der Waals surface area (Å²) >= 11 is 0. The molecule has 0 radical (unpaired) electrons. The maximum absolute atomic E-state index is 11.0. The Balaban J connectivity index is 5.16. The highest BCUT2D eigenvalue weighted by molar-refractivity contribution is 5.79. The van der Waals surface area contributed by atoms with E-state index in [0.29, 0.717) is 0 Å². The number of quaternary nitrogens is 1. The van der Waals surface area contributed by atoms with E-state index in [1.54, 1.807) is 0 Å². The summed E-state index contributed by atoms with van der Waals surface area (Å²) in [4.78, 5) is 42.9. The van der Waals surface area contributed by atoms with Gasteiger partial charge >= 0.3 is 17.9 Å². The fraction of sp³-hybridized carbons (Fsp3) is 0.556. The average molecular weight is 248 g/mol. The maximum Gasteiger partial charge on any atom is 0.359 e. The topological polar surface area (TPSA) is 129 Å².